The van der Waals surface area contributed by atoms with Gasteiger partial charge < -0.3 is 0 Å². The fourth-order valence-electron chi connectivity index (χ4n) is 0.537. The van der Waals surface area contributed by atoms with Crippen molar-refractivity contribution in [1.82, 2.24) is 0 Å². The van der Waals surface area contributed by atoms with E-state index in [1.807, 2.05) is 0 Å². The van der Waals surface area contributed by atoms with E-state index in [1.165, 1.54) is 6.42 Å². The molecule has 0 atom stereocenters. The topological polar surface area (TPSA) is 23.8 Å². The molecule has 0 amide bonds. The van der Waals surface area contributed by atoms with Crippen LogP contribution in [0.3, 0.4) is 0 Å². The summed E-state index contributed by atoms with van der Waals surface area (Å²) in [6.07, 6.45) is 3.57. The Labute approximate surface area is 42.3 Å². The van der Waals surface area contributed by atoms with E-state index in [-0.39, 0.29) is 4.70 Å². The highest BCUT2D eigenvalue weighted by Crippen LogP contribution is 2.24. The fraction of sp³-hybridized carbons (Fsp3) is 0.800. The third kappa shape index (κ3) is 1.15. The van der Waals surface area contributed by atoms with Crippen LogP contribution >= 0.6 is 0 Å². The molecule has 0 heterocycles. The smallest absolute Gasteiger partial charge is 0.0655 e. The second kappa shape index (κ2) is 2.57. The molecular weight excluding hydrogens is 93.1 g/mol. The molecule has 0 unspecified atom stereocenters. The second-order valence-electron chi connectivity index (χ2n) is 1.76. The van der Waals surface area contributed by atoms with Crippen molar-refractivity contribution in [3.63, 3.8) is 0 Å². The van der Waals surface area contributed by atoms with E-state index in [0.717, 1.165) is 12.8 Å². The van der Waals surface area contributed by atoms with Crippen LogP contribution in [0.25, 0.3) is 0 Å². The first-order valence-electron chi connectivity index (χ1n) is 2.33. The average Bonchev–Trinajstić information content (AvgIpc) is 1.31. The lowest BCUT2D eigenvalue weighted by Crippen LogP contribution is -2.06. The van der Waals surface area contributed by atoms with Gasteiger partial charge >= 0.3 is 0 Å². The highest BCUT2D eigenvalue weighted by atomic mass is 19.0. The number of nitriles is 1. The Hall–Kier alpha value is -0.580. The summed E-state index contributed by atoms with van der Waals surface area (Å²) in [5, 5.41) is 8.14. The van der Waals surface area contributed by atoms with Crippen LogP contribution in [0, 0.1) is 17.2 Å². The van der Waals surface area contributed by atoms with Gasteiger partial charge in [-0.25, -0.2) is 0 Å². The minimum absolute atomic E-state index is 0. The molecule has 0 aromatic heterocycles. The molecule has 2 heteroatoms. The number of hydrogen-bond acceptors (Lipinski definition) is 1. The van der Waals surface area contributed by atoms with E-state index in [1.54, 1.807) is 0 Å². The first-order chi connectivity index (χ1) is 2.93. The maximum absolute atomic E-state index is 8.14. The molecular formula is C5H8FN. The van der Waals surface area contributed by atoms with Crippen molar-refractivity contribution in [3.8, 4) is 6.07 Å². The van der Waals surface area contributed by atoms with Crippen molar-refractivity contribution >= 4 is 0 Å². The Bertz CT molecular complexity index is 80.6. The molecule has 1 fully saturated rings. The summed E-state index contributed by atoms with van der Waals surface area (Å²) in [4.78, 5) is 0. The van der Waals surface area contributed by atoms with Crippen LogP contribution in [0.15, 0.2) is 0 Å². The maximum atomic E-state index is 8.14. The van der Waals surface area contributed by atoms with Crippen LogP contribution in [-0.4, -0.2) is 0 Å². The molecule has 1 aliphatic carbocycles. The Balaban J connectivity index is 0.000000360. The first kappa shape index (κ1) is 6.42. The maximum Gasteiger partial charge on any atom is 0.0655 e. The monoisotopic (exact) mass is 101 g/mol. The predicted molar refractivity (Wildman–Crippen MR) is 25.5 cm³/mol. The van der Waals surface area contributed by atoms with Gasteiger partial charge in [0, 0.05) is 5.92 Å². The zero-order valence-corrected chi connectivity index (χ0v) is 4.05. The summed E-state index contributed by atoms with van der Waals surface area (Å²) < 4.78 is 0. The van der Waals surface area contributed by atoms with Crippen LogP contribution < -0.4 is 0 Å². The third-order valence-electron chi connectivity index (χ3n) is 1.29. The molecule has 1 rings (SSSR count). The van der Waals surface area contributed by atoms with E-state index in [4.69, 9.17) is 5.26 Å². The average molecular weight is 101 g/mol. The van der Waals surface area contributed by atoms with E-state index in [0.29, 0.717) is 5.92 Å². The van der Waals surface area contributed by atoms with Gasteiger partial charge in [-0.15, -0.1) is 0 Å². The van der Waals surface area contributed by atoms with E-state index >= 15 is 0 Å². The van der Waals surface area contributed by atoms with Gasteiger partial charge in [0.05, 0.1) is 6.07 Å². The SMILES string of the molecule is F.N#CC1CCC1. The van der Waals surface area contributed by atoms with Crippen molar-refractivity contribution in [3.05, 3.63) is 0 Å². The van der Waals surface area contributed by atoms with Gasteiger partial charge in [0.2, 0.25) is 0 Å². The molecule has 40 valence electrons. The minimum atomic E-state index is 0. The van der Waals surface area contributed by atoms with Crippen molar-refractivity contribution in [2.45, 2.75) is 19.3 Å². The lowest BCUT2D eigenvalue weighted by atomic mass is 9.87. The van der Waals surface area contributed by atoms with Gasteiger partial charge in [0.15, 0.2) is 0 Å². The first-order valence-corrected chi connectivity index (χ1v) is 2.33. The van der Waals surface area contributed by atoms with Crippen LogP contribution in [0.1, 0.15) is 19.3 Å². The number of rotatable bonds is 0. The molecule has 0 aromatic carbocycles. The lowest BCUT2D eigenvalue weighted by molar-refractivity contribution is 0.397. The summed E-state index contributed by atoms with van der Waals surface area (Å²) in [6, 6.07) is 2.20. The summed E-state index contributed by atoms with van der Waals surface area (Å²) in [5.74, 6) is 0.421. The number of nitrogens with zero attached hydrogens (tertiary/aromatic N) is 1. The van der Waals surface area contributed by atoms with Gasteiger partial charge in [-0.3, -0.25) is 4.70 Å². The summed E-state index contributed by atoms with van der Waals surface area (Å²) in [6.45, 7) is 0. The Morgan fingerprint density at radius 1 is 1.43 bits per heavy atom. The van der Waals surface area contributed by atoms with Crippen LogP contribution in [0.2, 0.25) is 0 Å². The molecule has 0 bridgehead atoms. The van der Waals surface area contributed by atoms with E-state index in [9.17, 15) is 0 Å². The van der Waals surface area contributed by atoms with Crippen LogP contribution in [-0.2, 0) is 0 Å². The zero-order valence-electron chi connectivity index (χ0n) is 4.05. The third-order valence-corrected chi connectivity index (χ3v) is 1.29. The molecule has 0 radical (unpaired) electrons. The molecule has 0 saturated heterocycles. The highest BCUT2D eigenvalue weighted by molar-refractivity contribution is 4.88. The van der Waals surface area contributed by atoms with Gasteiger partial charge in [-0.1, -0.05) is 6.42 Å². The normalized spacial score (nSPS) is 18.7. The van der Waals surface area contributed by atoms with Gasteiger partial charge in [-0.05, 0) is 12.8 Å². The zero-order chi connectivity index (χ0) is 4.41. The molecule has 1 aliphatic rings. The van der Waals surface area contributed by atoms with Crippen molar-refractivity contribution in [2.75, 3.05) is 0 Å². The molecule has 0 aliphatic heterocycles. The van der Waals surface area contributed by atoms with E-state index < -0.39 is 0 Å². The van der Waals surface area contributed by atoms with E-state index in [2.05, 4.69) is 6.07 Å². The predicted octanol–water partition coefficient (Wildman–Crippen LogP) is 1.46. The Kier molecular flexibility index (Phi) is 2.36. The van der Waals surface area contributed by atoms with Crippen LogP contribution in [0.5, 0.6) is 0 Å². The quantitative estimate of drug-likeness (QED) is 0.453. The molecule has 0 aromatic rings. The molecule has 1 nitrogen and oxygen atoms in total. The summed E-state index contributed by atoms with van der Waals surface area (Å²) in [5.41, 5.74) is 0. The molecule has 0 N–H and O–H groups in total. The Morgan fingerprint density at radius 3 is 2.00 bits per heavy atom. The van der Waals surface area contributed by atoms with Crippen molar-refractivity contribution < 1.29 is 4.70 Å². The largest absolute Gasteiger partial charge is 0.269 e. The Morgan fingerprint density at radius 2 is 2.00 bits per heavy atom. The number of halogens is 1. The fourth-order valence-corrected chi connectivity index (χ4v) is 0.537. The van der Waals surface area contributed by atoms with Gasteiger partial charge in [-0.2, -0.15) is 5.26 Å². The molecule has 7 heavy (non-hydrogen) atoms. The number of hydrogen-bond donors (Lipinski definition) is 0. The standard InChI is InChI=1S/C5H7N.FH/c6-4-5-2-1-3-5;/h5H,1-3H2;1H. The summed E-state index contributed by atoms with van der Waals surface area (Å²) in [7, 11) is 0. The lowest BCUT2D eigenvalue weighted by Gasteiger charge is -2.15. The summed E-state index contributed by atoms with van der Waals surface area (Å²) >= 11 is 0. The highest BCUT2D eigenvalue weighted by Gasteiger charge is 2.14. The van der Waals surface area contributed by atoms with Crippen molar-refractivity contribution in [2.24, 2.45) is 5.92 Å². The van der Waals surface area contributed by atoms with Gasteiger partial charge in [0.1, 0.15) is 0 Å². The second-order valence-corrected chi connectivity index (χ2v) is 1.76. The molecule has 0 spiro atoms. The van der Waals surface area contributed by atoms with Gasteiger partial charge in [0.25, 0.3) is 0 Å². The minimum Gasteiger partial charge on any atom is -0.269 e. The van der Waals surface area contributed by atoms with Crippen LogP contribution in [0.4, 0.5) is 4.70 Å². The molecule has 1 saturated carbocycles. The van der Waals surface area contributed by atoms with Crippen molar-refractivity contribution in [1.29, 1.82) is 5.26 Å².